The number of carbonyl (C=O) groups excluding carboxylic acids is 2. The fraction of sp³-hybridized carbons (Fsp3) is 0.259. The summed E-state index contributed by atoms with van der Waals surface area (Å²) in [6, 6.07) is 22.2. The van der Waals surface area contributed by atoms with Gasteiger partial charge in [-0.15, -0.1) is 0 Å². The van der Waals surface area contributed by atoms with Crippen LogP contribution < -0.4 is 4.90 Å². The lowest BCUT2D eigenvalue weighted by molar-refractivity contribution is 0.0656. The van der Waals surface area contributed by atoms with Gasteiger partial charge < -0.3 is 4.90 Å². The van der Waals surface area contributed by atoms with Gasteiger partial charge in [0.15, 0.2) is 0 Å². The largest absolute Gasteiger partial charge is 0.368 e. The van der Waals surface area contributed by atoms with E-state index in [-0.39, 0.29) is 24.2 Å². The van der Waals surface area contributed by atoms with Crippen LogP contribution in [-0.2, 0) is 13.0 Å². The molecule has 0 aliphatic carbocycles. The summed E-state index contributed by atoms with van der Waals surface area (Å²) in [6.07, 6.45) is 0.427. The van der Waals surface area contributed by atoms with Gasteiger partial charge >= 0.3 is 0 Å². The summed E-state index contributed by atoms with van der Waals surface area (Å²) in [6.45, 7) is 4.53. The van der Waals surface area contributed by atoms with Crippen LogP contribution in [0.3, 0.4) is 0 Å². The van der Waals surface area contributed by atoms with Crippen molar-refractivity contribution < 1.29 is 14.0 Å². The molecule has 2 amide bonds. The van der Waals surface area contributed by atoms with E-state index in [4.69, 9.17) is 0 Å². The van der Waals surface area contributed by atoms with Crippen molar-refractivity contribution in [3.63, 3.8) is 0 Å². The van der Waals surface area contributed by atoms with E-state index in [0.29, 0.717) is 17.5 Å². The highest BCUT2D eigenvalue weighted by molar-refractivity contribution is 6.23. The molecule has 168 valence electrons. The van der Waals surface area contributed by atoms with Crippen LogP contribution in [0.5, 0.6) is 0 Å². The minimum absolute atomic E-state index is 0.236. The first-order valence-electron chi connectivity index (χ1n) is 11.3. The Morgan fingerprint density at radius 1 is 0.758 bits per heavy atom. The molecule has 0 N–H and O–H groups in total. The van der Waals surface area contributed by atoms with Gasteiger partial charge in [-0.05, 0) is 41.8 Å². The molecule has 6 heteroatoms. The number of benzene rings is 3. The number of amides is 2. The number of halogens is 1. The Morgan fingerprint density at radius 2 is 1.48 bits per heavy atom. The molecular weight excluding hydrogens is 417 g/mol. The van der Waals surface area contributed by atoms with Gasteiger partial charge in [0, 0.05) is 39.3 Å². The van der Waals surface area contributed by atoms with Gasteiger partial charge in [0.1, 0.15) is 5.82 Å². The molecule has 2 heterocycles. The molecule has 0 aromatic heterocycles. The fourth-order valence-electron chi connectivity index (χ4n) is 4.70. The summed E-state index contributed by atoms with van der Waals surface area (Å²) in [4.78, 5) is 32.2. The molecule has 3 aromatic carbocycles. The predicted octanol–water partition coefficient (Wildman–Crippen LogP) is 3.99. The zero-order valence-corrected chi connectivity index (χ0v) is 18.4. The van der Waals surface area contributed by atoms with Crippen molar-refractivity contribution in [1.82, 2.24) is 9.80 Å². The van der Waals surface area contributed by atoms with Crippen molar-refractivity contribution in [2.24, 2.45) is 0 Å². The average molecular weight is 444 g/mol. The van der Waals surface area contributed by atoms with E-state index in [9.17, 15) is 14.0 Å². The second-order valence-corrected chi connectivity index (χ2v) is 8.59. The van der Waals surface area contributed by atoms with E-state index < -0.39 is 0 Å². The highest BCUT2D eigenvalue weighted by Gasteiger charge is 2.38. The van der Waals surface area contributed by atoms with Crippen molar-refractivity contribution in [3.8, 4) is 0 Å². The van der Waals surface area contributed by atoms with Gasteiger partial charge in [-0.2, -0.15) is 0 Å². The first-order valence-corrected chi connectivity index (χ1v) is 11.3. The number of anilines is 1. The van der Waals surface area contributed by atoms with E-state index >= 15 is 0 Å². The lowest BCUT2D eigenvalue weighted by Crippen LogP contribution is -2.46. The number of nitrogens with zero attached hydrogens (tertiary/aromatic N) is 3. The summed E-state index contributed by atoms with van der Waals surface area (Å²) in [5.41, 5.74) is 3.85. The number of imide groups is 1. The van der Waals surface area contributed by atoms with E-state index in [1.165, 1.54) is 22.6 Å². The Labute approximate surface area is 193 Å². The average Bonchev–Trinajstić information content (AvgIpc) is 3.08. The number of piperazine rings is 1. The Morgan fingerprint density at radius 3 is 2.24 bits per heavy atom. The van der Waals surface area contributed by atoms with Gasteiger partial charge in [0.25, 0.3) is 11.8 Å². The maximum absolute atomic E-state index is 13.5. The van der Waals surface area contributed by atoms with Crippen LogP contribution in [0.15, 0.2) is 72.8 Å². The Hall–Kier alpha value is -3.51. The maximum Gasteiger partial charge on any atom is 0.263 e. The van der Waals surface area contributed by atoms with Crippen LogP contribution in [0, 0.1) is 5.82 Å². The number of carbonyl (C=O) groups is 2. The van der Waals surface area contributed by atoms with Crippen LogP contribution in [0.4, 0.5) is 10.1 Å². The SMILES string of the molecule is O=C1c2cccc(N3CCN(Cc4ccccc4)CC3)c2C(=O)N1CCc1cccc(F)c1. The van der Waals surface area contributed by atoms with E-state index in [0.717, 1.165) is 44.0 Å². The molecule has 1 saturated heterocycles. The summed E-state index contributed by atoms with van der Waals surface area (Å²) in [5.74, 6) is -0.840. The minimum Gasteiger partial charge on any atom is -0.368 e. The standard InChI is InChI=1S/C27H26FN3O2/c28-22-9-4-8-20(18-22)12-13-31-26(32)23-10-5-11-24(25(23)27(31)33)30-16-14-29(15-17-30)19-21-6-2-1-3-7-21/h1-11,18H,12-17,19H2. The lowest BCUT2D eigenvalue weighted by atomic mass is 10.1. The molecule has 0 bridgehead atoms. The fourth-order valence-corrected chi connectivity index (χ4v) is 4.70. The smallest absolute Gasteiger partial charge is 0.263 e. The van der Waals surface area contributed by atoms with Crippen LogP contribution in [-0.4, -0.2) is 54.3 Å². The monoisotopic (exact) mass is 443 g/mol. The van der Waals surface area contributed by atoms with Gasteiger partial charge in [0.2, 0.25) is 0 Å². The number of hydrogen-bond acceptors (Lipinski definition) is 4. The maximum atomic E-state index is 13.5. The van der Waals surface area contributed by atoms with Crippen molar-refractivity contribution in [2.45, 2.75) is 13.0 Å². The van der Waals surface area contributed by atoms with Crippen molar-refractivity contribution in [3.05, 3.63) is 101 Å². The molecule has 5 nitrogen and oxygen atoms in total. The minimum atomic E-state index is -0.316. The van der Waals surface area contributed by atoms with Gasteiger partial charge in [-0.3, -0.25) is 19.4 Å². The molecule has 2 aliphatic heterocycles. The highest BCUT2D eigenvalue weighted by atomic mass is 19.1. The zero-order chi connectivity index (χ0) is 22.8. The van der Waals surface area contributed by atoms with Gasteiger partial charge in [-0.25, -0.2) is 4.39 Å². The molecule has 33 heavy (non-hydrogen) atoms. The molecule has 2 aliphatic rings. The lowest BCUT2D eigenvalue weighted by Gasteiger charge is -2.36. The van der Waals surface area contributed by atoms with Gasteiger partial charge in [0.05, 0.1) is 16.8 Å². The molecule has 0 spiro atoms. The second kappa shape index (κ2) is 9.16. The third kappa shape index (κ3) is 4.39. The van der Waals surface area contributed by atoms with Gasteiger partial charge in [-0.1, -0.05) is 48.5 Å². The van der Waals surface area contributed by atoms with Crippen molar-refractivity contribution >= 4 is 17.5 Å². The van der Waals surface area contributed by atoms with Crippen LogP contribution in [0.25, 0.3) is 0 Å². The van der Waals surface area contributed by atoms with Crippen molar-refractivity contribution in [1.29, 1.82) is 0 Å². The molecular formula is C27H26FN3O2. The number of fused-ring (bicyclic) bond motifs is 1. The summed E-state index contributed by atoms with van der Waals surface area (Å²) < 4.78 is 13.5. The number of rotatable bonds is 6. The van der Waals surface area contributed by atoms with E-state index in [1.807, 2.05) is 24.3 Å². The summed E-state index contributed by atoms with van der Waals surface area (Å²) in [5, 5.41) is 0. The highest BCUT2D eigenvalue weighted by Crippen LogP contribution is 2.32. The zero-order valence-electron chi connectivity index (χ0n) is 18.4. The Bertz CT molecular complexity index is 1170. The normalized spacial score (nSPS) is 16.4. The first-order chi connectivity index (χ1) is 16.1. The molecule has 0 atom stereocenters. The molecule has 3 aromatic rings. The molecule has 0 unspecified atom stereocenters. The Balaban J connectivity index is 1.28. The van der Waals surface area contributed by atoms with Crippen LogP contribution in [0.2, 0.25) is 0 Å². The van der Waals surface area contributed by atoms with Crippen molar-refractivity contribution in [2.75, 3.05) is 37.6 Å². The van der Waals surface area contributed by atoms with Crippen LogP contribution in [0.1, 0.15) is 31.8 Å². The quantitative estimate of drug-likeness (QED) is 0.541. The second-order valence-electron chi connectivity index (χ2n) is 8.59. The Kier molecular flexibility index (Phi) is 5.92. The number of hydrogen-bond donors (Lipinski definition) is 0. The summed E-state index contributed by atoms with van der Waals surface area (Å²) >= 11 is 0. The molecule has 0 saturated carbocycles. The van der Waals surface area contributed by atoms with E-state index in [1.54, 1.807) is 12.1 Å². The molecule has 1 fully saturated rings. The van der Waals surface area contributed by atoms with E-state index in [2.05, 4.69) is 34.1 Å². The molecule has 5 rings (SSSR count). The summed E-state index contributed by atoms with van der Waals surface area (Å²) in [7, 11) is 0. The first kappa shape index (κ1) is 21.3. The molecule has 0 radical (unpaired) electrons. The topological polar surface area (TPSA) is 43.9 Å². The van der Waals surface area contributed by atoms with Crippen LogP contribution >= 0.6 is 0 Å². The third-order valence-corrected chi connectivity index (χ3v) is 6.45. The third-order valence-electron chi connectivity index (χ3n) is 6.45. The predicted molar refractivity (Wildman–Crippen MR) is 126 cm³/mol.